The number of hydrogen-bond donors (Lipinski definition) is 1. The van der Waals surface area contributed by atoms with E-state index in [1.165, 1.54) is 31.6 Å². The molecule has 11 heteroatoms. The third-order valence-corrected chi connectivity index (χ3v) is 3.74. The highest BCUT2D eigenvalue weighted by Crippen LogP contribution is 2.35. The number of benzene rings is 1. The van der Waals surface area contributed by atoms with E-state index < -0.39 is 35.8 Å². The monoisotopic (exact) mass is 414 g/mol. The predicted octanol–water partition coefficient (Wildman–Crippen LogP) is 2.81. The molecule has 2 aromatic rings. The summed E-state index contributed by atoms with van der Waals surface area (Å²) in [5, 5.41) is 9.12. The van der Waals surface area contributed by atoms with Crippen molar-refractivity contribution in [2.24, 2.45) is 0 Å². The van der Waals surface area contributed by atoms with Gasteiger partial charge in [0, 0.05) is 6.42 Å². The van der Waals surface area contributed by atoms with Crippen molar-refractivity contribution in [2.75, 3.05) is 7.11 Å². The fraction of sp³-hybridized carbons (Fsp3) is 0.444. The van der Waals surface area contributed by atoms with Gasteiger partial charge in [0.05, 0.1) is 24.7 Å². The standard InChI is InChI=1S/C18H21F3N4O4/c1-16(2,3)29-15(27)22-17(14(26)28-4,18(19,20)21)10-12-11-25(24-23-12)13-8-6-5-7-9-13/h5-9,11H,10H2,1-4H3,(H,22,27). The van der Waals surface area contributed by atoms with Crippen LogP contribution in [0.15, 0.2) is 36.5 Å². The number of carbonyl (C=O) groups is 2. The maximum Gasteiger partial charge on any atom is 0.422 e. The van der Waals surface area contributed by atoms with Gasteiger partial charge in [-0.15, -0.1) is 5.10 Å². The Bertz CT molecular complexity index is 862. The molecule has 1 unspecified atom stereocenters. The summed E-state index contributed by atoms with van der Waals surface area (Å²) in [6.45, 7) is 4.43. The molecule has 0 saturated heterocycles. The van der Waals surface area contributed by atoms with Crippen molar-refractivity contribution >= 4 is 12.1 Å². The quantitative estimate of drug-likeness (QED) is 0.756. The molecule has 0 saturated carbocycles. The fourth-order valence-electron chi connectivity index (χ4n) is 2.46. The van der Waals surface area contributed by atoms with Gasteiger partial charge in [-0.25, -0.2) is 14.3 Å². The Balaban J connectivity index is 2.41. The van der Waals surface area contributed by atoms with Gasteiger partial charge in [-0.05, 0) is 32.9 Å². The fourth-order valence-corrected chi connectivity index (χ4v) is 2.46. The molecule has 1 heterocycles. The average Bonchev–Trinajstić information content (AvgIpc) is 3.07. The van der Waals surface area contributed by atoms with Crippen LogP contribution in [-0.2, 0) is 20.7 Å². The summed E-state index contributed by atoms with van der Waals surface area (Å²) in [6, 6.07) is 8.55. The molecule has 29 heavy (non-hydrogen) atoms. The van der Waals surface area contributed by atoms with E-state index in [9.17, 15) is 22.8 Å². The Labute approximate surface area is 165 Å². The highest BCUT2D eigenvalue weighted by molar-refractivity contribution is 5.87. The molecule has 0 bridgehead atoms. The van der Waals surface area contributed by atoms with Crippen molar-refractivity contribution in [3.8, 4) is 5.69 Å². The lowest BCUT2D eigenvalue weighted by Crippen LogP contribution is -2.66. The number of alkyl carbamates (subject to hydrolysis) is 1. The molecular formula is C18H21F3N4O4. The summed E-state index contributed by atoms with van der Waals surface area (Å²) < 4.78 is 52.5. The van der Waals surface area contributed by atoms with Crippen LogP contribution in [0.4, 0.5) is 18.0 Å². The van der Waals surface area contributed by atoms with E-state index in [4.69, 9.17) is 4.74 Å². The Morgan fingerprint density at radius 1 is 1.14 bits per heavy atom. The molecular weight excluding hydrogens is 393 g/mol. The van der Waals surface area contributed by atoms with E-state index in [0.717, 1.165) is 7.11 Å². The number of rotatable bonds is 5. The Hall–Kier alpha value is -3.11. The van der Waals surface area contributed by atoms with E-state index in [2.05, 4.69) is 15.0 Å². The first-order valence-electron chi connectivity index (χ1n) is 8.51. The highest BCUT2D eigenvalue weighted by Gasteiger charge is 2.63. The number of esters is 1. The van der Waals surface area contributed by atoms with Crippen LogP contribution in [0.5, 0.6) is 0 Å². The highest BCUT2D eigenvalue weighted by atomic mass is 19.4. The summed E-state index contributed by atoms with van der Waals surface area (Å²) in [4.78, 5) is 24.3. The van der Waals surface area contributed by atoms with Crippen LogP contribution in [0.25, 0.3) is 5.69 Å². The van der Waals surface area contributed by atoms with Crippen molar-refractivity contribution < 1.29 is 32.2 Å². The van der Waals surface area contributed by atoms with Crippen LogP contribution in [0, 0.1) is 0 Å². The van der Waals surface area contributed by atoms with E-state index in [0.29, 0.717) is 5.69 Å². The van der Waals surface area contributed by atoms with Gasteiger partial charge in [0.2, 0.25) is 5.54 Å². The summed E-state index contributed by atoms with van der Waals surface area (Å²) >= 11 is 0. The second-order valence-corrected chi connectivity index (χ2v) is 7.19. The first-order chi connectivity index (χ1) is 13.4. The Morgan fingerprint density at radius 2 is 1.76 bits per heavy atom. The lowest BCUT2D eigenvalue weighted by Gasteiger charge is -2.33. The SMILES string of the molecule is COC(=O)C(Cc1cn(-c2ccccc2)nn1)(NC(=O)OC(C)(C)C)C(F)(F)F. The minimum atomic E-state index is -5.20. The molecule has 2 rings (SSSR count). The number of ether oxygens (including phenoxy) is 2. The van der Waals surface area contributed by atoms with E-state index in [-0.39, 0.29) is 5.69 Å². The first-order valence-corrected chi connectivity index (χ1v) is 8.51. The minimum absolute atomic E-state index is 0.187. The molecule has 158 valence electrons. The minimum Gasteiger partial charge on any atom is -0.467 e. The van der Waals surface area contributed by atoms with Crippen LogP contribution in [0.3, 0.4) is 0 Å². The van der Waals surface area contributed by atoms with Gasteiger partial charge >= 0.3 is 18.2 Å². The third kappa shape index (κ3) is 5.24. The smallest absolute Gasteiger partial charge is 0.422 e. The molecule has 0 aliphatic heterocycles. The first kappa shape index (κ1) is 22.2. The number of nitrogens with zero attached hydrogens (tertiary/aromatic N) is 3. The zero-order valence-corrected chi connectivity index (χ0v) is 16.3. The molecule has 1 atom stereocenters. The maximum atomic E-state index is 14.0. The van der Waals surface area contributed by atoms with Crippen LogP contribution >= 0.6 is 0 Å². The Morgan fingerprint density at radius 3 is 2.28 bits per heavy atom. The van der Waals surface area contributed by atoms with Gasteiger partial charge in [-0.2, -0.15) is 13.2 Å². The number of hydrogen-bond acceptors (Lipinski definition) is 6. The lowest BCUT2D eigenvalue weighted by atomic mass is 9.92. The number of aromatic nitrogens is 3. The van der Waals surface area contributed by atoms with Crippen molar-refractivity contribution in [3.05, 3.63) is 42.2 Å². The molecule has 0 radical (unpaired) electrons. The molecule has 0 spiro atoms. The number of para-hydroxylation sites is 1. The molecule has 1 amide bonds. The molecule has 1 N–H and O–H groups in total. The molecule has 0 aliphatic rings. The van der Waals surface area contributed by atoms with Gasteiger partial charge < -0.3 is 9.47 Å². The van der Waals surface area contributed by atoms with Crippen molar-refractivity contribution in [1.82, 2.24) is 20.3 Å². The molecule has 8 nitrogen and oxygen atoms in total. The zero-order valence-electron chi connectivity index (χ0n) is 16.3. The molecule has 1 aromatic heterocycles. The van der Waals surface area contributed by atoms with Crippen LogP contribution in [0.2, 0.25) is 0 Å². The number of alkyl halides is 3. The van der Waals surface area contributed by atoms with Crippen molar-refractivity contribution in [1.29, 1.82) is 0 Å². The van der Waals surface area contributed by atoms with Gasteiger partial charge in [-0.3, -0.25) is 5.32 Å². The van der Waals surface area contributed by atoms with Crippen LogP contribution in [-0.4, -0.2) is 51.5 Å². The summed E-state index contributed by atoms with van der Waals surface area (Å²) in [7, 11) is 0.792. The molecule has 1 aromatic carbocycles. The second kappa shape index (κ2) is 8.10. The topological polar surface area (TPSA) is 95.3 Å². The normalized spacial score (nSPS) is 14.0. The lowest BCUT2D eigenvalue weighted by molar-refractivity contribution is -0.211. The molecule has 0 aliphatic carbocycles. The summed E-state index contributed by atoms with van der Waals surface area (Å²) in [5.74, 6) is -1.70. The second-order valence-electron chi connectivity index (χ2n) is 7.19. The zero-order chi connectivity index (χ0) is 21.9. The number of amides is 1. The molecule has 0 fully saturated rings. The maximum absolute atomic E-state index is 14.0. The average molecular weight is 414 g/mol. The van der Waals surface area contributed by atoms with Gasteiger partial charge in [0.25, 0.3) is 0 Å². The van der Waals surface area contributed by atoms with Gasteiger partial charge in [0.1, 0.15) is 5.60 Å². The van der Waals surface area contributed by atoms with Crippen LogP contribution < -0.4 is 5.32 Å². The van der Waals surface area contributed by atoms with Crippen molar-refractivity contribution in [3.63, 3.8) is 0 Å². The van der Waals surface area contributed by atoms with E-state index in [1.54, 1.807) is 35.6 Å². The summed E-state index contributed by atoms with van der Waals surface area (Å²) in [5.41, 5.74) is -4.11. The largest absolute Gasteiger partial charge is 0.467 e. The van der Waals surface area contributed by atoms with E-state index >= 15 is 0 Å². The number of nitrogens with one attached hydrogen (secondary N) is 1. The number of methoxy groups -OCH3 is 1. The van der Waals surface area contributed by atoms with Gasteiger partial charge in [0.15, 0.2) is 0 Å². The predicted molar refractivity (Wildman–Crippen MR) is 95.2 cm³/mol. The van der Waals surface area contributed by atoms with Crippen LogP contribution in [0.1, 0.15) is 26.5 Å². The summed E-state index contributed by atoms with van der Waals surface area (Å²) in [6.07, 6.45) is -6.42. The number of carbonyl (C=O) groups excluding carboxylic acids is 2. The number of halogens is 3. The van der Waals surface area contributed by atoms with Crippen molar-refractivity contribution in [2.45, 2.75) is 44.5 Å². The van der Waals surface area contributed by atoms with Gasteiger partial charge in [-0.1, -0.05) is 23.4 Å². The third-order valence-electron chi connectivity index (χ3n) is 3.74. The Kier molecular flexibility index (Phi) is 6.19. The van der Waals surface area contributed by atoms with E-state index in [1.807, 2.05) is 0 Å².